The molecule has 2 nitrogen and oxygen atoms in total. The van der Waals surface area contributed by atoms with E-state index in [1.807, 2.05) is 13.0 Å². The van der Waals surface area contributed by atoms with Gasteiger partial charge in [0.2, 0.25) is 0 Å². The van der Waals surface area contributed by atoms with Gasteiger partial charge >= 0.3 is 0 Å². The van der Waals surface area contributed by atoms with Crippen LogP contribution in [0.3, 0.4) is 0 Å². The molecule has 1 rings (SSSR count). The SMILES string of the molecule is CCC(=O)c1ccc(CC)cc1O. The molecule has 0 radical (unpaired) electrons. The van der Waals surface area contributed by atoms with E-state index in [0.29, 0.717) is 12.0 Å². The van der Waals surface area contributed by atoms with Gasteiger partial charge in [0.1, 0.15) is 5.75 Å². The van der Waals surface area contributed by atoms with E-state index in [2.05, 4.69) is 0 Å². The molecule has 0 aliphatic carbocycles. The number of phenolic OH excluding ortho intramolecular Hbond substituents is 1. The molecule has 0 aliphatic rings. The highest BCUT2D eigenvalue weighted by Crippen LogP contribution is 2.20. The summed E-state index contributed by atoms with van der Waals surface area (Å²) in [4.78, 5) is 11.3. The largest absolute Gasteiger partial charge is 0.507 e. The second-order valence-electron chi connectivity index (χ2n) is 2.98. The van der Waals surface area contributed by atoms with Gasteiger partial charge < -0.3 is 5.11 Å². The van der Waals surface area contributed by atoms with Gasteiger partial charge in [0.15, 0.2) is 5.78 Å². The molecule has 0 heterocycles. The zero-order valence-electron chi connectivity index (χ0n) is 8.00. The van der Waals surface area contributed by atoms with Crippen molar-refractivity contribution in [3.8, 4) is 5.75 Å². The average molecular weight is 178 g/mol. The van der Waals surface area contributed by atoms with Crippen molar-refractivity contribution in [1.82, 2.24) is 0 Å². The van der Waals surface area contributed by atoms with Gasteiger partial charge in [0, 0.05) is 6.42 Å². The minimum absolute atomic E-state index is 0.0137. The molecule has 0 saturated carbocycles. The Kier molecular flexibility index (Phi) is 3.07. The van der Waals surface area contributed by atoms with Crippen molar-refractivity contribution in [1.29, 1.82) is 0 Å². The maximum atomic E-state index is 11.3. The lowest BCUT2D eigenvalue weighted by molar-refractivity contribution is 0.0985. The third kappa shape index (κ3) is 2.08. The first-order valence-corrected chi connectivity index (χ1v) is 4.54. The van der Waals surface area contributed by atoms with E-state index in [9.17, 15) is 9.90 Å². The van der Waals surface area contributed by atoms with Gasteiger partial charge in [0.05, 0.1) is 5.56 Å². The highest BCUT2D eigenvalue weighted by molar-refractivity contribution is 5.98. The minimum Gasteiger partial charge on any atom is -0.507 e. The first-order valence-electron chi connectivity index (χ1n) is 4.54. The van der Waals surface area contributed by atoms with E-state index >= 15 is 0 Å². The van der Waals surface area contributed by atoms with Crippen LogP contribution in [0.5, 0.6) is 5.75 Å². The number of benzene rings is 1. The van der Waals surface area contributed by atoms with Gasteiger partial charge in [-0.25, -0.2) is 0 Å². The fourth-order valence-electron chi connectivity index (χ4n) is 1.22. The van der Waals surface area contributed by atoms with Crippen LogP contribution in [0, 0.1) is 0 Å². The molecule has 0 amide bonds. The van der Waals surface area contributed by atoms with E-state index in [1.54, 1.807) is 19.1 Å². The lowest BCUT2D eigenvalue weighted by Crippen LogP contribution is -1.97. The lowest BCUT2D eigenvalue weighted by Gasteiger charge is -2.03. The summed E-state index contributed by atoms with van der Waals surface area (Å²) in [6.07, 6.45) is 1.30. The van der Waals surface area contributed by atoms with Crippen molar-refractivity contribution in [2.24, 2.45) is 0 Å². The van der Waals surface area contributed by atoms with E-state index in [0.717, 1.165) is 12.0 Å². The molecule has 0 aliphatic heterocycles. The van der Waals surface area contributed by atoms with Crippen molar-refractivity contribution >= 4 is 5.78 Å². The first kappa shape index (κ1) is 9.78. The Bertz CT molecular complexity index is 316. The second kappa shape index (κ2) is 4.08. The molecular formula is C11H14O2. The highest BCUT2D eigenvalue weighted by Gasteiger charge is 2.08. The molecule has 0 spiro atoms. The van der Waals surface area contributed by atoms with Crippen LogP contribution in [0.2, 0.25) is 0 Å². The summed E-state index contributed by atoms with van der Waals surface area (Å²) in [5.74, 6) is 0.0892. The number of aromatic hydroxyl groups is 1. The number of carbonyl (C=O) groups is 1. The monoisotopic (exact) mass is 178 g/mol. The Morgan fingerprint density at radius 3 is 2.54 bits per heavy atom. The molecule has 0 aromatic heterocycles. The zero-order chi connectivity index (χ0) is 9.84. The standard InChI is InChI=1S/C11H14O2/c1-3-8-5-6-9(10(12)4-2)11(13)7-8/h5-7,13H,3-4H2,1-2H3. The van der Waals surface area contributed by atoms with Crippen LogP contribution in [0.4, 0.5) is 0 Å². The molecule has 0 bridgehead atoms. The molecule has 2 heteroatoms. The Morgan fingerprint density at radius 2 is 2.08 bits per heavy atom. The zero-order valence-corrected chi connectivity index (χ0v) is 8.00. The summed E-state index contributed by atoms with van der Waals surface area (Å²) in [6, 6.07) is 5.23. The predicted octanol–water partition coefficient (Wildman–Crippen LogP) is 2.55. The van der Waals surface area contributed by atoms with Gasteiger partial charge in [0.25, 0.3) is 0 Å². The summed E-state index contributed by atoms with van der Waals surface area (Å²) in [5.41, 5.74) is 1.48. The second-order valence-corrected chi connectivity index (χ2v) is 2.98. The van der Waals surface area contributed by atoms with Crippen molar-refractivity contribution < 1.29 is 9.90 Å². The molecule has 1 N–H and O–H groups in total. The van der Waals surface area contributed by atoms with Crippen LogP contribution < -0.4 is 0 Å². The molecule has 1 aromatic rings. The smallest absolute Gasteiger partial charge is 0.166 e. The Hall–Kier alpha value is -1.31. The van der Waals surface area contributed by atoms with Gasteiger partial charge in [-0.15, -0.1) is 0 Å². The van der Waals surface area contributed by atoms with Crippen LogP contribution in [-0.4, -0.2) is 10.9 Å². The predicted molar refractivity (Wildman–Crippen MR) is 52.1 cm³/mol. The maximum absolute atomic E-state index is 11.3. The Morgan fingerprint density at radius 1 is 1.38 bits per heavy atom. The molecule has 0 atom stereocenters. The van der Waals surface area contributed by atoms with Crippen molar-refractivity contribution in [2.75, 3.05) is 0 Å². The average Bonchev–Trinajstić information content (AvgIpc) is 2.16. The normalized spacial score (nSPS) is 10.0. The highest BCUT2D eigenvalue weighted by atomic mass is 16.3. The van der Waals surface area contributed by atoms with E-state index in [1.165, 1.54) is 0 Å². The third-order valence-electron chi connectivity index (χ3n) is 2.09. The Balaban J connectivity index is 3.05. The molecule has 0 fully saturated rings. The van der Waals surface area contributed by atoms with Gasteiger partial charge in [-0.2, -0.15) is 0 Å². The number of hydrogen-bond acceptors (Lipinski definition) is 2. The van der Waals surface area contributed by atoms with Crippen molar-refractivity contribution in [3.05, 3.63) is 29.3 Å². The summed E-state index contributed by atoms with van der Waals surface area (Å²) < 4.78 is 0. The molecule has 70 valence electrons. The summed E-state index contributed by atoms with van der Waals surface area (Å²) in [5, 5.41) is 9.50. The number of phenols is 1. The van der Waals surface area contributed by atoms with Crippen molar-refractivity contribution in [3.63, 3.8) is 0 Å². The topological polar surface area (TPSA) is 37.3 Å². The van der Waals surface area contributed by atoms with Crippen LogP contribution in [0.1, 0.15) is 36.2 Å². The van der Waals surface area contributed by atoms with E-state index < -0.39 is 0 Å². The number of hydrogen-bond donors (Lipinski definition) is 1. The summed E-state index contributed by atoms with van der Waals surface area (Å²) >= 11 is 0. The number of aryl methyl sites for hydroxylation is 1. The lowest BCUT2D eigenvalue weighted by atomic mass is 10.0. The number of ketones is 1. The van der Waals surface area contributed by atoms with Gasteiger partial charge in [-0.05, 0) is 24.1 Å². The number of Topliss-reactive ketones (excluding diaryl/α,β-unsaturated/α-hetero) is 1. The van der Waals surface area contributed by atoms with Crippen LogP contribution in [-0.2, 0) is 6.42 Å². The first-order chi connectivity index (χ1) is 6.19. The molecule has 0 saturated heterocycles. The quantitative estimate of drug-likeness (QED) is 0.722. The van der Waals surface area contributed by atoms with Crippen LogP contribution in [0.25, 0.3) is 0 Å². The maximum Gasteiger partial charge on any atom is 0.166 e. The minimum atomic E-state index is -0.0137. The molecule has 13 heavy (non-hydrogen) atoms. The fourth-order valence-corrected chi connectivity index (χ4v) is 1.22. The fraction of sp³-hybridized carbons (Fsp3) is 0.364. The third-order valence-corrected chi connectivity index (χ3v) is 2.09. The van der Waals surface area contributed by atoms with Gasteiger partial charge in [-0.1, -0.05) is 19.9 Å². The van der Waals surface area contributed by atoms with Gasteiger partial charge in [-0.3, -0.25) is 4.79 Å². The summed E-state index contributed by atoms with van der Waals surface area (Å²) in [7, 11) is 0. The van der Waals surface area contributed by atoms with E-state index in [4.69, 9.17) is 0 Å². The molecule has 0 unspecified atom stereocenters. The van der Waals surface area contributed by atoms with Crippen molar-refractivity contribution in [2.45, 2.75) is 26.7 Å². The van der Waals surface area contributed by atoms with Crippen LogP contribution >= 0.6 is 0 Å². The Labute approximate surface area is 78.2 Å². The number of carbonyl (C=O) groups excluding carboxylic acids is 1. The molecule has 1 aromatic carbocycles. The number of rotatable bonds is 3. The summed E-state index contributed by atoms with van der Waals surface area (Å²) in [6.45, 7) is 3.80. The van der Waals surface area contributed by atoms with E-state index in [-0.39, 0.29) is 11.5 Å². The molecular weight excluding hydrogens is 164 g/mol. The van der Waals surface area contributed by atoms with Crippen LogP contribution in [0.15, 0.2) is 18.2 Å².